The van der Waals surface area contributed by atoms with Crippen LogP contribution in [0.2, 0.25) is 0 Å². The molecule has 66 valence electrons. The Hall–Kier alpha value is -1.22. The predicted octanol–water partition coefficient (Wildman–Crippen LogP) is 3.11. The number of aliphatic imine (C=N–C) groups is 2. The van der Waals surface area contributed by atoms with Crippen molar-refractivity contribution in [1.29, 1.82) is 0 Å². The molecular weight excluding hydrogens is 228 g/mol. The minimum absolute atomic E-state index is 0.605. The van der Waals surface area contributed by atoms with E-state index in [-0.39, 0.29) is 0 Å². The first-order chi connectivity index (χ1) is 6.29. The van der Waals surface area contributed by atoms with Gasteiger partial charge in [-0.15, -0.1) is 0 Å². The van der Waals surface area contributed by atoms with Gasteiger partial charge in [0.05, 0.1) is 0 Å². The molecule has 13 heavy (non-hydrogen) atoms. The van der Waals surface area contributed by atoms with E-state index in [0.29, 0.717) is 10.3 Å². The molecule has 0 aliphatic heterocycles. The number of benzene rings is 1. The highest BCUT2D eigenvalue weighted by Crippen LogP contribution is 2.23. The lowest BCUT2D eigenvalue weighted by molar-refractivity contribution is 1.46. The summed E-state index contributed by atoms with van der Waals surface area (Å²) in [6.45, 7) is 6.89. The van der Waals surface area contributed by atoms with Gasteiger partial charge in [0.2, 0.25) is 0 Å². The van der Waals surface area contributed by atoms with Crippen molar-refractivity contribution in [2.75, 3.05) is 0 Å². The summed E-state index contributed by atoms with van der Waals surface area (Å²) in [6.07, 6.45) is 0. The maximum atomic E-state index is 3.88. The lowest BCUT2D eigenvalue weighted by Crippen LogP contribution is -1.81. The number of nitrogens with zero attached hydrogens (tertiary/aromatic N) is 2. The summed E-state index contributed by atoms with van der Waals surface area (Å²) >= 11 is 3.26. The van der Waals surface area contributed by atoms with Gasteiger partial charge >= 0.3 is 0 Å². The van der Waals surface area contributed by atoms with Gasteiger partial charge in [0.25, 0.3) is 0 Å². The van der Waals surface area contributed by atoms with Crippen LogP contribution in [-0.4, -0.2) is 13.4 Å². The highest BCUT2D eigenvalue weighted by molar-refractivity contribution is 9.11. The lowest BCUT2D eigenvalue weighted by atomic mass is 10.2. The Morgan fingerprint density at radius 1 is 1.08 bits per heavy atom. The molecule has 1 aromatic carbocycles. The molecule has 0 aliphatic carbocycles. The normalized spacial score (nSPS) is 11.8. The molecule has 2 nitrogen and oxygen atoms in total. The molecule has 0 aromatic heterocycles. The molecule has 0 amide bonds. The first kappa shape index (κ1) is 9.86. The first-order valence-corrected chi connectivity index (χ1v) is 4.47. The average molecular weight is 237 g/mol. The summed E-state index contributed by atoms with van der Waals surface area (Å²) in [5, 5.41) is 0. The number of rotatable bonds is 3. The standard InChI is InChI=1S/C10H9BrN2/c1-12-9(10(11)13-2)8-6-4-3-5-7-8/h3-7H,1-2H2. The van der Waals surface area contributed by atoms with Crippen LogP contribution in [0.5, 0.6) is 0 Å². The average Bonchev–Trinajstić information content (AvgIpc) is 2.20. The van der Waals surface area contributed by atoms with Crippen LogP contribution in [0.4, 0.5) is 0 Å². The van der Waals surface area contributed by atoms with Crippen LogP contribution in [0.15, 0.2) is 44.9 Å². The summed E-state index contributed by atoms with van der Waals surface area (Å²) in [6, 6.07) is 9.69. The third kappa shape index (κ3) is 2.36. The van der Waals surface area contributed by atoms with Gasteiger partial charge in [-0.05, 0) is 29.4 Å². The summed E-state index contributed by atoms with van der Waals surface area (Å²) < 4.78 is 0.605. The maximum absolute atomic E-state index is 3.88. The monoisotopic (exact) mass is 236 g/mol. The first-order valence-electron chi connectivity index (χ1n) is 3.68. The summed E-state index contributed by atoms with van der Waals surface area (Å²) in [5.74, 6) is 0. The molecule has 0 saturated carbocycles. The van der Waals surface area contributed by atoms with E-state index in [2.05, 4.69) is 39.3 Å². The van der Waals surface area contributed by atoms with Crippen molar-refractivity contribution >= 4 is 35.1 Å². The fraction of sp³-hybridized carbons (Fsp3) is 0. The van der Waals surface area contributed by atoms with Gasteiger partial charge in [0, 0.05) is 5.56 Å². The molecule has 1 rings (SSSR count). The third-order valence-electron chi connectivity index (χ3n) is 1.54. The SMILES string of the molecule is C=NC(Br)=C(N=C)c1ccccc1. The Bertz CT molecular complexity index is 341. The molecule has 0 unspecified atom stereocenters. The smallest absolute Gasteiger partial charge is 0.131 e. The van der Waals surface area contributed by atoms with Gasteiger partial charge in [-0.3, -0.25) is 9.98 Å². The van der Waals surface area contributed by atoms with E-state index in [1.54, 1.807) is 0 Å². The van der Waals surface area contributed by atoms with Crippen LogP contribution in [0, 0.1) is 0 Å². The van der Waals surface area contributed by atoms with Crippen molar-refractivity contribution in [3.8, 4) is 0 Å². The largest absolute Gasteiger partial charge is 0.261 e. The number of hydrogen-bond acceptors (Lipinski definition) is 2. The van der Waals surface area contributed by atoms with Gasteiger partial charge in [0.15, 0.2) is 0 Å². The van der Waals surface area contributed by atoms with E-state index in [1.165, 1.54) is 0 Å². The summed E-state index contributed by atoms with van der Waals surface area (Å²) in [4.78, 5) is 7.63. The Labute approximate surface area is 85.9 Å². The summed E-state index contributed by atoms with van der Waals surface area (Å²) in [7, 11) is 0. The van der Waals surface area contributed by atoms with Crippen molar-refractivity contribution in [2.45, 2.75) is 0 Å². The van der Waals surface area contributed by atoms with Crippen molar-refractivity contribution in [1.82, 2.24) is 0 Å². The quantitative estimate of drug-likeness (QED) is 0.570. The van der Waals surface area contributed by atoms with E-state index >= 15 is 0 Å². The maximum Gasteiger partial charge on any atom is 0.131 e. The minimum Gasteiger partial charge on any atom is -0.261 e. The van der Waals surface area contributed by atoms with Crippen LogP contribution in [0.1, 0.15) is 5.56 Å². The number of hydrogen-bond donors (Lipinski definition) is 0. The minimum atomic E-state index is 0.605. The highest BCUT2D eigenvalue weighted by Gasteiger charge is 2.02. The highest BCUT2D eigenvalue weighted by atomic mass is 79.9. The second kappa shape index (κ2) is 4.72. The van der Waals surface area contributed by atoms with E-state index in [9.17, 15) is 0 Å². The zero-order valence-electron chi connectivity index (χ0n) is 7.07. The Morgan fingerprint density at radius 3 is 2.15 bits per heavy atom. The van der Waals surface area contributed by atoms with Crippen molar-refractivity contribution < 1.29 is 0 Å². The zero-order chi connectivity index (χ0) is 9.68. The van der Waals surface area contributed by atoms with Crippen molar-refractivity contribution in [3.05, 3.63) is 40.5 Å². The van der Waals surface area contributed by atoms with E-state index in [4.69, 9.17) is 0 Å². The molecule has 0 aliphatic rings. The molecule has 0 heterocycles. The molecule has 3 heteroatoms. The Balaban J connectivity index is 3.20. The van der Waals surface area contributed by atoms with Gasteiger partial charge in [-0.2, -0.15) is 0 Å². The van der Waals surface area contributed by atoms with Gasteiger partial charge in [-0.1, -0.05) is 30.3 Å². The molecule has 0 radical (unpaired) electrons. The molecule has 0 spiro atoms. The summed E-state index contributed by atoms with van der Waals surface area (Å²) in [5.41, 5.74) is 1.67. The predicted molar refractivity (Wildman–Crippen MR) is 61.4 cm³/mol. The van der Waals surface area contributed by atoms with Crippen LogP contribution in [0.25, 0.3) is 5.70 Å². The zero-order valence-corrected chi connectivity index (χ0v) is 8.66. The topological polar surface area (TPSA) is 24.7 Å². The molecule has 1 aromatic rings. The lowest BCUT2D eigenvalue weighted by Gasteiger charge is -2.01. The molecule has 0 atom stereocenters. The molecule has 0 saturated heterocycles. The molecule has 0 N–H and O–H groups in total. The van der Waals surface area contributed by atoms with E-state index < -0.39 is 0 Å². The molecular formula is C10H9BrN2. The van der Waals surface area contributed by atoms with Gasteiger partial charge < -0.3 is 0 Å². The second-order valence-corrected chi connectivity index (χ2v) is 3.07. The Morgan fingerprint density at radius 2 is 1.69 bits per heavy atom. The molecule has 0 fully saturated rings. The van der Waals surface area contributed by atoms with Crippen LogP contribution in [-0.2, 0) is 0 Å². The number of halogens is 1. The van der Waals surface area contributed by atoms with E-state index in [1.807, 2.05) is 30.3 Å². The molecule has 0 bridgehead atoms. The fourth-order valence-electron chi connectivity index (χ4n) is 0.947. The Kier molecular flexibility index (Phi) is 3.58. The fourth-order valence-corrected chi connectivity index (χ4v) is 1.30. The van der Waals surface area contributed by atoms with Crippen LogP contribution >= 0.6 is 15.9 Å². The third-order valence-corrected chi connectivity index (χ3v) is 2.17. The van der Waals surface area contributed by atoms with Crippen LogP contribution < -0.4 is 0 Å². The van der Waals surface area contributed by atoms with Gasteiger partial charge in [0.1, 0.15) is 10.3 Å². The van der Waals surface area contributed by atoms with E-state index in [0.717, 1.165) is 5.56 Å². The van der Waals surface area contributed by atoms with Crippen molar-refractivity contribution in [2.24, 2.45) is 9.98 Å². The van der Waals surface area contributed by atoms with Crippen molar-refractivity contribution in [3.63, 3.8) is 0 Å². The van der Waals surface area contributed by atoms with Crippen LogP contribution in [0.3, 0.4) is 0 Å². The van der Waals surface area contributed by atoms with Gasteiger partial charge in [-0.25, -0.2) is 0 Å². The second-order valence-electron chi connectivity index (χ2n) is 2.32.